The molecule has 1 aromatic heterocycles. The molecule has 2 bridgehead atoms. The number of amides is 3. The number of nitrogens with zero attached hydrogens (tertiary/aromatic N) is 3. The fourth-order valence-corrected chi connectivity index (χ4v) is 6.75. The maximum Gasteiger partial charge on any atom is 0.272 e. The largest absolute Gasteiger partial charge is 0.274 e. The molecule has 0 saturated carbocycles. The Kier molecular flexibility index (Phi) is 5.10. The van der Waals surface area contributed by atoms with Crippen molar-refractivity contribution in [1.29, 1.82) is 0 Å². The Morgan fingerprint density at radius 2 is 1.56 bits per heavy atom. The molecule has 1 aliphatic heterocycles. The van der Waals surface area contributed by atoms with Crippen LogP contribution >= 0.6 is 0 Å². The summed E-state index contributed by atoms with van der Waals surface area (Å²) in [6.45, 7) is 1.97. The number of imide groups is 1. The first-order chi connectivity index (χ1) is 19.0. The maximum atomic E-state index is 14.3. The number of pyridine rings is 1. The summed E-state index contributed by atoms with van der Waals surface area (Å²) in [4.78, 5) is 46.6. The topological polar surface area (TPSA) is 91.7 Å². The van der Waals surface area contributed by atoms with Gasteiger partial charge in [-0.25, -0.2) is 10.3 Å². The number of rotatable bonds is 4. The fraction of sp³-hybridized carbons (Fsp3) is 0.156. The highest BCUT2D eigenvalue weighted by Crippen LogP contribution is 2.63. The molecule has 2 atom stereocenters. The van der Waals surface area contributed by atoms with Crippen molar-refractivity contribution in [3.63, 3.8) is 0 Å². The highest BCUT2D eigenvalue weighted by Gasteiger charge is 2.68. The van der Waals surface area contributed by atoms with Crippen molar-refractivity contribution in [2.75, 3.05) is 4.90 Å². The fourth-order valence-electron chi connectivity index (χ4n) is 6.75. The molecular formula is C32H24N4O3. The molecule has 3 aliphatic carbocycles. The van der Waals surface area contributed by atoms with E-state index >= 15 is 0 Å². The van der Waals surface area contributed by atoms with Gasteiger partial charge in [-0.15, -0.1) is 0 Å². The Labute approximate surface area is 225 Å². The molecule has 4 aliphatic rings. The van der Waals surface area contributed by atoms with Crippen LogP contribution in [-0.4, -0.2) is 28.9 Å². The predicted molar refractivity (Wildman–Crippen MR) is 146 cm³/mol. The molecule has 7 heteroatoms. The minimum Gasteiger partial charge on any atom is -0.274 e. The van der Waals surface area contributed by atoms with Gasteiger partial charge in [0.05, 0.1) is 28.5 Å². The molecule has 0 radical (unpaired) electrons. The summed E-state index contributed by atoms with van der Waals surface area (Å²) < 4.78 is 0. The van der Waals surface area contributed by atoms with E-state index in [2.05, 4.69) is 15.5 Å². The van der Waals surface area contributed by atoms with Gasteiger partial charge < -0.3 is 0 Å². The number of hydrogen-bond acceptors (Lipinski definition) is 5. The van der Waals surface area contributed by atoms with E-state index in [-0.39, 0.29) is 17.7 Å². The van der Waals surface area contributed by atoms with Crippen LogP contribution in [0.1, 0.15) is 44.1 Å². The van der Waals surface area contributed by atoms with E-state index in [0.29, 0.717) is 11.3 Å². The van der Waals surface area contributed by atoms with Gasteiger partial charge in [-0.2, -0.15) is 5.10 Å². The predicted octanol–water partition coefficient (Wildman–Crippen LogP) is 4.36. The zero-order valence-electron chi connectivity index (χ0n) is 21.1. The number of anilines is 1. The minimum absolute atomic E-state index is 0.208. The number of aromatic nitrogens is 1. The molecule has 8 rings (SSSR count). The number of carbonyl (C=O) groups is 3. The summed E-state index contributed by atoms with van der Waals surface area (Å²) in [6.07, 6.45) is 4.72. The first-order valence-corrected chi connectivity index (χ1v) is 12.9. The third-order valence-corrected chi connectivity index (χ3v) is 8.33. The van der Waals surface area contributed by atoms with Crippen molar-refractivity contribution in [2.24, 2.45) is 16.9 Å². The molecule has 2 heterocycles. The van der Waals surface area contributed by atoms with Crippen molar-refractivity contribution in [1.82, 2.24) is 10.4 Å². The van der Waals surface area contributed by atoms with Crippen molar-refractivity contribution in [3.05, 3.63) is 131 Å². The van der Waals surface area contributed by atoms with Gasteiger partial charge in [-0.3, -0.25) is 19.4 Å². The summed E-state index contributed by atoms with van der Waals surface area (Å²) in [5, 5.41) is 4.43. The molecule has 7 nitrogen and oxygen atoms in total. The third kappa shape index (κ3) is 3.19. The molecule has 1 saturated heterocycles. The van der Waals surface area contributed by atoms with Crippen molar-refractivity contribution in [3.8, 4) is 0 Å². The normalized spacial score (nSPS) is 24.4. The summed E-state index contributed by atoms with van der Waals surface area (Å²) in [5.41, 5.74) is 7.44. The van der Waals surface area contributed by atoms with E-state index in [1.54, 1.807) is 24.5 Å². The van der Waals surface area contributed by atoms with Crippen molar-refractivity contribution in [2.45, 2.75) is 18.3 Å². The zero-order valence-corrected chi connectivity index (χ0v) is 21.1. The summed E-state index contributed by atoms with van der Waals surface area (Å²) >= 11 is 0. The highest BCUT2D eigenvalue weighted by atomic mass is 16.2. The first kappa shape index (κ1) is 23.2. The number of aryl methyl sites for hydroxylation is 1. The van der Waals surface area contributed by atoms with E-state index in [1.165, 1.54) is 11.1 Å². The van der Waals surface area contributed by atoms with Crippen LogP contribution in [0.4, 0.5) is 5.69 Å². The molecule has 0 spiro atoms. The molecule has 3 aromatic carbocycles. The zero-order chi connectivity index (χ0) is 26.7. The molecule has 4 aromatic rings. The highest BCUT2D eigenvalue weighted by molar-refractivity contribution is 6.25. The number of carbonyl (C=O) groups excluding carboxylic acids is 3. The standard InChI is InChI=1S/C32H24N4O3/c1-19-12-14-21(15-13-19)36-30(38)27-26-22-8-2-4-10-24(22)32(28(27)31(36)39,25-11-5-3-9-23(25)26)18-34-35-29(37)20-7-6-16-33-17-20/h2-18,26-28H,1H3,(H,35,37)/b34-18+. The molecule has 39 heavy (non-hydrogen) atoms. The Morgan fingerprint density at radius 1 is 0.897 bits per heavy atom. The second-order valence-electron chi connectivity index (χ2n) is 10.3. The maximum absolute atomic E-state index is 14.3. The molecule has 1 fully saturated rings. The lowest BCUT2D eigenvalue weighted by Gasteiger charge is -2.52. The van der Waals surface area contributed by atoms with Crippen LogP contribution in [0.3, 0.4) is 0 Å². The molecule has 2 unspecified atom stereocenters. The number of nitrogens with one attached hydrogen (secondary N) is 1. The van der Waals surface area contributed by atoms with E-state index in [1.807, 2.05) is 79.7 Å². The van der Waals surface area contributed by atoms with E-state index in [9.17, 15) is 14.4 Å². The molecule has 3 amide bonds. The van der Waals surface area contributed by atoms with Crippen molar-refractivity contribution >= 4 is 29.6 Å². The second kappa shape index (κ2) is 8.56. The summed E-state index contributed by atoms with van der Waals surface area (Å²) in [6, 6.07) is 26.7. The van der Waals surface area contributed by atoms with Crippen LogP contribution in [0, 0.1) is 18.8 Å². The monoisotopic (exact) mass is 512 g/mol. The van der Waals surface area contributed by atoms with Gasteiger partial charge >= 0.3 is 0 Å². The Morgan fingerprint density at radius 3 is 2.21 bits per heavy atom. The SMILES string of the molecule is Cc1ccc(N2C(=O)C3C4c5ccccc5C(/C=N/NC(=O)c5cccnc5)(c5ccccc54)C3C2=O)cc1. The van der Waals surface area contributed by atoms with Gasteiger partial charge in [0.25, 0.3) is 5.91 Å². The minimum atomic E-state index is -1.04. The van der Waals surface area contributed by atoms with Gasteiger partial charge in [0.1, 0.15) is 0 Å². The quantitative estimate of drug-likeness (QED) is 0.250. The Bertz CT molecular complexity index is 1630. The number of hydrogen-bond donors (Lipinski definition) is 1. The Balaban J connectivity index is 1.41. The lowest BCUT2D eigenvalue weighted by atomic mass is 9.47. The van der Waals surface area contributed by atoms with Gasteiger partial charge in [-0.05, 0) is 53.4 Å². The van der Waals surface area contributed by atoms with Gasteiger partial charge in [0.15, 0.2) is 0 Å². The number of benzene rings is 3. The van der Waals surface area contributed by atoms with E-state index < -0.39 is 23.2 Å². The lowest BCUT2D eigenvalue weighted by Crippen LogP contribution is -2.54. The van der Waals surface area contributed by atoms with Crippen LogP contribution in [-0.2, 0) is 15.0 Å². The van der Waals surface area contributed by atoms with Crippen LogP contribution < -0.4 is 10.3 Å². The number of hydrazone groups is 1. The van der Waals surface area contributed by atoms with E-state index in [4.69, 9.17) is 0 Å². The van der Waals surface area contributed by atoms with Gasteiger partial charge in [-0.1, -0.05) is 66.2 Å². The first-order valence-electron chi connectivity index (χ1n) is 12.9. The Hall–Kier alpha value is -4.91. The molecular weight excluding hydrogens is 488 g/mol. The average molecular weight is 513 g/mol. The third-order valence-electron chi connectivity index (χ3n) is 8.33. The van der Waals surface area contributed by atoms with E-state index in [0.717, 1.165) is 27.8 Å². The summed E-state index contributed by atoms with van der Waals surface area (Å²) in [7, 11) is 0. The second-order valence-corrected chi connectivity index (χ2v) is 10.3. The summed E-state index contributed by atoms with van der Waals surface area (Å²) in [5.74, 6) is -2.43. The molecule has 1 N–H and O–H groups in total. The van der Waals surface area contributed by atoms with Gasteiger partial charge in [0, 0.05) is 24.5 Å². The smallest absolute Gasteiger partial charge is 0.272 e. The lowest BCUT2D eigenvalue weighted by molar-refractivity contribution is -0.122. The molecule has 190 valence electrons. The van der Waals surface area contributed by atoms with Crippen LogP contribution in [0.25, 0.3) is 0 Å². The van der Waals surface area contributed by atoms with Gasteiger partial charge in [0.2, 0.25) is 11.8 Å². The van der Waals surface area contributed by atoms with Crippen LogP contribution in [0.5, 0.6) is 0 Å². The van der Waals surface area contributed by atoms with Crippen molar-refractivity contribution < 1.29 is 14.4 Å². The average Bonchev–Trinajstić information content (AvgIpc) is 3.25. The van der Waals surface area contributed by atoms with Crippen LogP contribution in [0.15, 0.2) is 102 Å². The van der Waals surface area contributed by atoms with Crippen LogP contribution in [0.2, 0.25) is 0 Å².